The molecule has 6 nitrogen and oxygen atoms in total. The number of nitrogens with one attached hydrogen (secondary N) is 3. The van der Waals surface area contributed by atoms with Gasteiger partial charge in [-0.1, -0.05) is 25.0 Å². The number of carbonyl (C=O) groups excluding carboxylic acids is 2. The molecular weight excluding hydrogens is 340 g/mol. The van der Waals surface area contributed by atoms with Crippen LogP contribution in [0.5, 0.6) is 0 Å². The fraction of sp³-hybridized carbons (Fsp3) is 0.286. The first-order valence-electron chi connectivity index (χ1n) is 9.09. The van der Waals surface area contributed by atoms with E-state index in [0.29, 0.717) is 16.8 Å². The fourth-order valence-corrected chi connectivity index (χ4v) is 3.16. The molecule has 2 aromatic rings. The number of nitrogens with zero attached hydrogens (tertiary/aromatic N) is 1. The van der Waals surface area contributed by atoms with E-state index in [1.165, 1.54) is 0 Å². The molecule has 1 fully saturated rings. The van der Waals surface area contributed by atoms with Crippen LogP contribution in [0, 0.1) is 11.3 Å². The number of nitriles is 1. The van der Waals surface area contributed by atoms with E-state index < -0.39 is 0 Å². The van der Waals surface area contributed by atoms with Gasteiger partial charge in [-0.25, -0.2) is 0 Å². The lowest BCUT2D eigenvalue weighted by molar-refractivity contribution is -0.114. The van der Waals surface area contributed by atoms with Crippen molar-refractivity contribution < 1.29 is 9.59 Å². The minimum Gasteiger partial charge on any atom is -0.376 e. The highest BCUT2D eigenvalue weighted by Crippen LogP contribution is 2.20. The van der Waals surface area contributed by atoms with Gasteiger partial charge in [-0.3, -0.25) is 9.59 Å². The molecule has 2 aromatic carbocycles. The van der Waals surface area contributed by atoms with Crippen molar-refractivity contribution in [2.24, 2.45) is 0 Å². The summed E-state index contributed by atoms with van der Waals surface area (Å²) in [5.74, 6) is -0.404. The lowest BCUT2D eigenvalue weighted by Gasteiger charge is -2.15. The average molecular weight is 362 g/mol. The third-order valence-corrected chi connectivity index (χ3v) is 4.60. The van der Waals surface area contributed by atoms with Crippen LogP contribution in [0.3, 0.4) is 0 Å². The van der Waals surface area contributed by atoms with Crippen molar-refractivity contribution in [1.29, 1.82) is 5.26 Å². The summed E-state index contributed by atoms with van der Waals surface area (Å²) in [6, 6.07) is 16.1. The average Bonchev–Trinajstić information content (AvgIpc) is 3.20. The Hall–Kier alpha value is -3.33. The molecule has 0 spiro atoms. The number of carbonyl (C=O) groups is 2. The van der Waals surface area contributed by atoms with Crippen LogP contribution < -0.4 is 16.0 Å². The van der Waals surface area contributed by atoms with Crippen LogP contribution in [0.2, 0.25) is 0 Å². The Bertz CT molecular complexity index is 849. The van der Waals surface area contributed by atoms with Crippen LogP contribution in [0.25, 0.3) is 0 Å². The predicted octanol–water partition coefficient (Wildman–Crippen LogP) is 3.28. The van der Waals surface area contributed by atoms with Crippen LogP contribution in [-0.2, 0) is 4.79 Å². The molecule has 2 amide bonds. The Labute approximate surface area is 158 Å². The summed E-state index contributed by atoms with van der Waals surface area (Å²) in [6.07, 6.45) is 4.30. The Balaban J connectivity index is 1.58. The Morgan fingerprint density at radius 3 is 2.44 bits per heavy atom. The molecule has 0 bridgehead atoms. The fourth-order valence-electron chi connectivity index (χ4n) is 3.16. The number of amides is 2. The van der Waals surface area contributed by atoms with E-state index >= 15 is 0 Å². The number of hydrogen-bond donors (Lipinski definition) is 3. The van der Waals surface area contributed by atoms with Gasteiger partial charge in [0.25, 0.3) is 5.91 Å². The maximum Gasteiger partial charge on any atom is 0.253 e. The van der Waals surface area contributed by atoms with Crippen LogP contribution in [0.15, 0.2) is 48.5 Å². The zero-order chi connectivity index (χ0) is 19.1. The maximum atomic E-state index is 12.5. The molecule has 0 atom stereocenters. The van der Waals surface area contributed by atoms with Crippen molar-refractivity contribution in [2.45, 2.75) is 31.7 Å². The van der Waals surface area contributed by atoms with Gasteiger partial charge in [-0.05, 0) is 49.2 Å². The van der Waals surface area contributed by atoms with Gasteiger partial charge in [0.2, 0.25) is 5.91 Å². The van der Waals surface area contributed by atoms with E-state index in [0.717, 1.165) is 31.4 Å². The number of hydrogen-bond acceptors (Lipinski definition) is 4. The molecule has 1 saturated carbocycles. The van der Waals surface area contributed by atoms with E-state index in [-0.39, 0.29) is 24.4 Å². The van der Waals surface area contributed by atoms with Crippen molar-refractivity contribution in [3.8, 4) is 6.07 Å². The Kier molecular flexibility index (Phi) is 6.06. The van der Waals surface area contributed by atoms with Gasteiger partial charge in [0.1, 0.15) is 0 Å². The summed E-state index contributed by atoms with van der Waals surface area (Å²) >= 11 is 0. The summed E-state index contributed by atoms with van der Waals surface area (Å²) in [5.41, 5.74) is 2.28. The van der Waals surface area contributed by atoms with Gasteiger partial charge in [-0.15, -0.1) is 0 Å². The van der Waals surface area contributed by atoms with E-state index in [1.807, 2.05) is 6.07 Å². The standard InChI is InChI=1S/C21H22N4O2/c22-13-15-9-11-16(12-10-15)23-14-20(26)25-19-8-4-3-7-18(19)21(27)24-17-5-1-2-6-17/h3-4,7-12,17,23H,1-2,5-6,14H2,(H,24,27)(H,25,26). The lowest BCUT2D eigenvalue weighted by Crippen LogP contribution is -2.33. The summed E-state index contributed by atoms with van der Waals surface area (Å²) in [7, 11) is 0. The minimum absolute atomic E-state index is 0.0600. The van der Waals surface area contributed by atoms with E-state index in [2.05, 4.69) is 16.0 Å². The predicted molar refractivity (Wildman–Crippen MR) is 104 cm³/mol. The van der Waals surface area contributed by atoms with E-state index in [1.54, 1.807) is 48.5 Å². The highest BCUT2D eigenvalue weighted by molar-refractivity contribution is 6.04. The molecule has 6 heteroatoms. The number of benzene rings is 2. The molecular formula is C21H22N4O2. The molecule has 0 saturated heterocycles. The summed E-state index contributed by atoms with van der Waals surface area (Å²) in [6.45, 7) is 0.0600. The number of para-hydroxylation sites is 1. The maximum absolute atomic E-state index is 12.5. The molecule has 1 aliphatic carbocycles. The summed E-state index contributed by atoms with van der Waals surface area (Å²) in [4.78, 5) is 24.8. The normalized spacial score (nSPS) is 13.6. The highest BCUT2D eigenvalue weighted by atomic mass is 16.2. The van der Waals surface area contributed by atoms with Gasteiger partial charge < -0.3 is 16.0 Å². The SMILES string of the molecule is N#Cc1ccc(NCC(=O)Nc2ccccc2C(=O)NC2CCCC2)cc1. The zero-order valence-corrected chi connectivity index (χ0v) is 15.0. The lowest BCUT2D eigenvalue weighted by atomic mass is 10.1. The van der Waals surface area contributed by atoms with Crippen molar-refractivity contribution >= 4 is 23.2 Å². The van der Waals surface area contributed by atoms with Crippen LogP contribution in [0.1, 0.15) is 41.6 Å². The largest absolute Gasteiger partial charge is 0.376 e. The van der Waals surface area contributed by atoms with Gasteiger partial charge in [0.15, 0.2) is 0 Å². The molecule has 1 aliphatic rings. The second-order valence-corrected chi connectivity index (χ2v) is 6.59. The first-order chi connectivity index (χ1) is 13.2. The molecule has 3 rings (SSSR count). The summed E-state index contributed by atoms with van der Waals surface area (Å²) < 4.78 is 0. The second kappa shape index (κ2) is 8.86. The van der Waals surface area contributed by atoms with Gasteiger partial charge in [0, 0.05) is 11.7 Å². The van der Waals surface area contributed by atoms with Crippen molar-refractivity contribution in [1.82, 2.24) is 5.32 Å². The van der Waals surface area contributed by atoms with Gasteiger partial charge >= 0.3 is 0 Å². The smallest absolute Gasteiger partial charge is 0.253 e. The third kappa shape index (κ3) is 5.08. The number of anilines is 2. The van der Waals surface area contributed by atoms with E-state index in [4.69, 9.17) is 5.26 Å². The first-order valence-corrected chi connectivity index (χ1v) is 9.09. The molecule has 0 aliphatic heterocycles. The van der Waals surface area contributed by atoms with Crippen LogP contribution in [0.4, 0.5) is 11.4 Å². The van der Waals surface area contributed by atoms with E-state index in [9.17, 15) is 9.59 Å². The third-order valence-electron chi connectivity index (χ3n) is 4.60. The van der Waals surface area contributed by atoms with Gasteiger partial charge in [0.05, 0.1) is 29.4 Å². The van der Waals surface area contributed by atoms with Crippen LogP contribution >= 0.6 is 0 Å². The summed E-state index contributed by atoms with van der Waals surface area (Å²) in [5, 5.41) is 17.6. The molecule has 0 unspecified atom stereocenters. The van der Waals surface area contributed by atoms with Crippen molar-refractivity contribution in [3.05, 3.63) is 59.7 Å². The number of rotatable bonds is 6. The topological polar surface area (TPSA) is 94.0 Å². The molecule has 3 N–H and O–H groups in total. The molecule has 0 heterocycles. The second-order valence-electron chi connectivity index (χ2n) is 6.59. The van der Waals surface area contributed by atoms with Crippen molar-refractivity contribution in [2.75, 3.05) is 17.2 Å². The van der Waals surface area contributed by atoms with Crippen molar-refractivity contribution in [3.63, 3.8) is 0 Å². The van der Waals surface area contributed by atoms with Crippen LogP contribution in [-0.4, -0.2) is 24.4 Å². The molecule has 138 valence electrons. The Morgan fingerprint density at radius 1 is 1.04 bits per heavy atom. The monoisotopic (exact) mass is 362 g/mol. The molecule has 0 radical (unpaired) electrons. The first kappa shape index (κ1) is 18.5. The Morgan fingerprint density at radius 2 is 1.74 bits per heavy atom. The molecule has 27 heavy (non-hydrogen) atoms. The van der Waals surface area contributed by atoms with Gasteiger partial charge in [-0.2, -0.15) is 5.26 Å². The highest BCUT2D eigenvalue weighted by Gasteiger charge is 2.20. The molecule has 0 aromatic heterocycles. The zero-order valence-electron chi connectivity index (χ0n) is 15.0. The minimum atomic E-state index is -0.250. The quantitative estimate of drug-likeness (QED) is 0.735.